The number of allylic oxidation sites excluding steroid dienone is 3. The van der Waals surface area contributed by atoms with E-state index in [2.05, 4.69) is 19.7 Å². The summed E-state index contributed by atoms with van der Waals surface area (Å²) in [7, 11) is 0. The minimum atomic E-state index is 1.04. The Bertz CT molecular complexity index is 97.6. The standard InChI is InChI=1S/C6H6/c1-4-5(2)6(4)3/h1-3H2. The van der Waals surface area contributed by atoms with Gasteiger partial charge in [-0.05, 0) is 16.7 Å². The van der Waals surface area contributed by atoms with Gasteiger partial charge in [-0.1, -0.05) is 19.7 Å². The van der Waals surface area contributed by atoms with Gasteiger partial charge in [0.25, 0.3) is 0 Å². The van der Waals surface area contributed by atoms with Crippen LogP contribution in [0.3, 0.4) is 0 Å². The summed E-state index contributed by atoms with van der Waals surface area (Å²) in [6.45, 7) is 10.9. The predicted octanol–water partition coefficient (Wildman–Crippen LogP) is 1.67. The molecule has 0 N–H and O–H groups in total. The molecule has 6 heavy (non-hydrogen) atoms. The van der Waals surface area contributed by atoms with Crippen LogP contribution in [0.25, 0.3) is 0 Å². The van der Waals surface area contributed by atoms with Crippen molar-refractivity contribution in [3.63, 3.8) is 0 Å². The van der Waals surface area contributed by atoms with Crippen molar-refractivity contribution in [2.45, 2.75) is 0 Å². The summed E-state index contributed by atoms with van der Waals surface area (Å²) in [6.07, 6.45) is 0. The monoisotopic (exact) mass is 78.0 g/mol. The third kappa shape index (κ3) is 0.187. The summed E-state index contributed by atoms with van der Waals surface area (Å²) in [5.74, 6) is 0. The van der Waals surface area contributed by atoms with Gasteiger partial charge in [0.15, 0.2) is 0 Å². The molecule has 0 aromatic heterocycles. The normalized spacial score (nSPS) is 19.0. The first-order valence-corrected chi connectivity index (χ1v) is 1.81. The summed E-state index contributed by atoms with van der Waals surface area (Å²) in [6, 6.07) is 0. The van der Waals surface area contributed by atoms with Crippen molar-refractivity contribution in [3.05, 3.63) is 36.5 Å². The lowest BCUT2D eigenvalue weighted by Crippen LogP contribution is -1.21. The summed E-state index contributed by atoms with van der Waals surface area (Å²) >= 11 is 0. The zero-order chi connectivity index (χ0) is 4.73. The van der Waals surface area contributed by atoms with Crippen molar-refractivity contribution in [1.82, 2.24) is 0 Å². The quantitative estimate of drug-likeness (QED) is 0.413. The summed E-state index contributed by atoms with van der Waals surface area (Å²) in [5.41, 5.74) is 3.11. The molecule has 0 heteroatoms. The van der Waals surface area contributed by atoms with Crippen molar-refractivity contribution in [2.75, 3.05) is 0 Å². The zero-order valence-corrected chi connectivity index (χ0v) is 3.62. The van der Waals surface area contributed by atoms with Crippen LogP contribution in [0.1, 0.15) is 0 Å². The lowest BCUT2D eigenvalue weighted by Gasteiger charge is -1.40. The molecule has 1 rings (SSSR count). The van der Waals surface area contributed by atoms with E-state index in [1.54, 1.807) is 0 Å². The van der Waals surface area contributed by atoms with Gasteiger partial charge in [-0.3, -0.25) is 0 Å². The second-order valence-corrected chi connectivity index (χ2v) is 1.44. The van der Waals surface area contributed by atoms with Gasteiger partial charge in [-0.15, -0.1) is 0 Å². The number of hydrogen-bond acceptors (Lipinski definition) is 0. The molecule has 1 aliphatic rings. The van der Waals surface area contributed by atoms with Gasteiger partial charge in [0.05, 0.1) is 0 Å². The molecule has 1 fully saturated rings. The lowest BCUT2D eigenvalue weighted by atomic mass is 10.6. The van der Waals surface area contributed by atoms with Gasteiger partial charge in [-0.25, -0.2) is 0 Å². The maximum absolute atomic E-state index is 3.63. The summed E-state index contributed by atoms with van der Waals surface area (Å²) < 4.78 is 0. The predicted molar refractivity (Wildman–Crippen MR) is 27.4 cm³/mol. The number of rotatable bonds is 0. The van der Waals surface area contributed by atoms with Crippen LogP contribution < -0.4 is 0 Å². The Morgan fingerprint density at radius 1 is 0.667 bits per heavy atom. The molecule has 0 unspecified atom stereocenters. The maximum Gasteiger partial charge on any atom is -0.0183 e. The number of hydrogen-bond donors (Lipinski definition) is 0. The van der Waals surface area contributed by atoms with E-state index in [0.717, 1.165) is 16.7 Å². The average molecular weight is 78.1 g/mol. The molecule has 0 saturated heterocycles. The van der Waals surface area contributed by atoms with Crippen LogP contribution in [0.4, 0.5) is 0 Å². The molecule has 1 saturated carbocycles. The summed E-state index contributed by atoms with van der Waals surface area (Å²) in [4.78, 5) is 0. The topological polar surface area (TPSA) is 0 Å². The molecule has 0 bridgehead atoms. The molecule has 1 aliphatic carbocycles. The Morgan fingerprint density at radius 3 is 0.833 bits per heavy atom. The molecule has 30 valence electrons. The molecule has 0 aromatic carbocycles. The van der Waals surface area contributed by atoms with Gasteiger partial charge in [0.2, 0.25) is 0 Å². The maximum atomic E-state index is 3.63. The van der Waals surface area contributed by atoms with E-state index in [4.69, 9.17) is 0 Å². The van der Waals surface area contributed by atoms with Gasteiger partial charge < -0.3 is 0 Å². The van der Waals surface area contributed by atoms with Gasteiger partial charge >= 0.3 is 0 Å². The van der Waals surface area contributed by atoms with E-state index in [-0.39, 0.29) is 0 Å². The second-order valence-electron chi connectivity index (χ2n) is 1.44. The molecule has 0 atom stereocenters. The van der Waals surface area contributed by atoms with Gasteiger partial charge in [0, 0.05) is 0 Å². The highest BCUT2D eigenvalue weighted by molar-refractivity contribution is 5.74. The fourth-order valence-corrected chi connectivity index (χ4v) is 0.320. The Hall–Kier alpha value is -0.780. The van der Waals surface area contributed by atoms with E-state index >= 15 is 0 Å². The van der Waals surface area contributed by atoms with Crippen molar-refractivity contribution in [1.29, 1.82) is 0 Å². The highest BCUT2D eigenvalue weighted by atomic mass is 14.2. The molecular weight excluding hydrogens is 72.1 g/mol. The van der Waals surface area contributed by atoms with Crippen molar-refractivity contribution < 1.29 is 0 Å². The Morgan fingerprint density at radius 2 is 0.833 bits per heavy atom. The van der Waals surface area contributed by atoms with E-state index in [1.807, 2.05) is 0 Å². The minimum absolute atomic E-state index is 1.04. The van der Waals surface area contributed by atoms with E-state index in [0.29, 0.717) is 0 Å². The van der Waals surface area contributed by atoms with Crippen LogP contribution in [0.2, 0.25) is 0 Å². The first-order valence-electron chi connectivity index (χ1n) is 1.81. The van der Waals surface area contributed by atoms with Crippen molar-refractivity contribution >= 4 is 0 Å². The lowest BCUT2D eigenvalue weighted by molar-refractivity contribution is 2.15. The first-order chi connectivity index (χ1) is 2.73. The van der Waals surface area contributed by atoms with Crippen LogP contribution in [0.5, 0.6) is 0 Å². The Balaban J connectivity index is 3.04. The summed E-state index contributed by atoms with van der Waals surface area (Å²) in [5, 5.41) is 0. The fourth-order valence-electron chi connectivity index (χ4n) is 0.320. The average Bonchev–Trinajstić information content (AvgIpc) is 1.94. The highest BCUT2D eigenvalue weighted by Gasteiger charge is 2.20. The van der Waals surface area contributed by atoms with E-state index in [1.165, 1.54) is 0 Å². The Kier molecular flexibility index (Phi) is 0.368. The molecule has 0 heterocycles. The molecule has 0 aliphatic heterocycles. The molecule has 0 radical (unpaired) electrons. The molecule has 0 spiro atoms. The molecule has 0 aromatic rings. The molecule has 0 nitrogen and oxygen atoms in total. The van der Waals surface area contributed by atoms with E-state index in [9.17, 15) is 0 Å². The smallest absolute Gasteiger partial charge is 0.0183 e. The van der Waals surface area contributed by atoms with Gasteiger partial charge in [-0.2, -0.15) is 0 Å². The first kappa shape index (κ1) is 3.41. The van der Waals surface area contributed by atoms with Crippen LogP contribution in [0, 0.1) is 0 Å². The van der Waals surface area contributed by atoms with Crippen LogP contribution in [-0.4, -0.2) is 0 Å². The van der Waals surface area contributed by atoms with Crippen LogP contribution in [0.15, 0.2) is 36.5 Å². The van der Waals surface area contributed by atoms with E-state index < -0.39 is 0 Å². The minimum Gasteiger partial charge on any atom is -0.0906 e. The molecule has 0 amide bonds. The third-order valence-electron chi connectivity index (χ3n) is 1.03. The second kappa shape index (κ2) is 0.648. The zero-order valence-electron chi connectivity index (χ0n) is 3.62. The highest BCUT2D eigenvalue weighted by Crippen LogP contribution is 2.38. The molecular formula is C6H6. The Labute approximate surface area is 37.5 Å². The largest absolute Gasteiger partial charge is 0.0906 e. The SMILES string of the molecule is C=C1C(=C)C1=C. The van der Waals surface area contributed by atoms with Crippen molar-refractivity contribution in [3.8, 4) is 0 Å². The van der Waals surface area contributed by atoms with Gasteiger partial charge in [0.1, 0.15) is 0 Å². The van der Waals surface area contributed by atoms with Crippen LogP contribution in [-0.2, 0) is 0 Å². The van der Waals surface area contributed by atoms with Crippen LogP contribution >= 0.6 is 0 Å². The third-order valence-corrected chi connectivity index (χ3v) is 1.03. The van der Waals surface area contributed by atoms with Crippen molar-refractivity contribution in [2.24, 2.45) is 0 Å². The fraction of sp³-hybridized carbons (Fsp3) is 0.